The molecule has 0 amide bonds. The number of aldehydes is 1. The molecule has 1 aliphatic rings. The van der Waals surface area contributed by atoms with Crippen LogP contribution < -0.4 is 4.74 Å². The first kappa shape index (κ1) is 24.1. The van der Waals surface area contributed by atoms with Gasteiger partial charge in [0.25, 0.3) is 0 Å². The number of phenols is 1. The van der Waals surface area contributed by atoms with Gasteiger partial charge in [-0.15, -0.1) is 0 Å². The lowest BCUT2D eigenvalue weighted by Crippen LogP contribution is -2.40. The maximum Gasteiger partial charge on any atom is 0.430 e. The number of carbonyl (C=O) groups excluding carboxylic acids is 1. The average Bonchev–Trinajstić information content (AvgIpc) is 2.67. The number of rotatable bonds is 2. The quantitative estimate of drug-likeness (QED) is 0.470. The molecule has 0 radical (unpaired) electrons. The summed E-state index contributed by atoms with van der Waals surface area (Å²) >= 11 is 22.7. The van der Waals surface area contributed by atoms with E-state index in [1.807, 2.05) is 0 Å². The largest absolute Gasteiger partial charge is 0.507 e. The van der Waals surface area contributed by atoms with Gasteiger partial charge in [0.2, 0.25) is 6.10 Å². The number of hydrogen-bond donors (Lipinski definition) is 2. The number of alkyl halides is 3. The number of hydrogen-bond acceptors (Lipinski definition) is 4. The Kier molecular flexibility index (Phi) is 7.52. The van der Waals surface area contributed by atoms with E-state index in [1.54, 1.807) is 0 Å². The molecular formula is C18H9Cl4F3O5. The molecule has 3 rings (SSSR count). The van der Waals surface area contributed by atoms with Crippen molar-refractivity contribution in [2.24, 2.45) is 0 Å². The van der Waals surface area contributed by atoms with Crippen molar-refractivity contribution >= 4 is 64.7 Å². The molecule has 1 unspecified atom stereocenters. The fraction of sp³-hybridized carbons (Fsp3) is 0.111. The first-order valence-electron chi connectivity index (χ1n) is 7.66. The summed E-state index contributed by atoms with van der Waals surface area (Å²) in [6, 6.07) is 5.22. The van der Waals surface area contributed by atoms with Crippen molar-refractivity contribution < 1.29 is 37.7 Å². The van der Waals surface area contributed by atoms with E-state index < -0.39 is 23.8 Å². The molecule has 2 N–H and O–H groups in total. The zero-order valence-corrected chi connectivity index (χ0v) is 17.3. The minimum Gasteiger partial charge on any atom is -0.507 e. The molecule has 0 fully saturated rings. The van der Waals surface area contributed by atoms with Gasteiger partial charge in [0.1, 0.15) is 11.5 Å². The summed E-state index contributed by atoms with van der Waals surface area (Å²) in [5.74, 6) is -2.06. The van der Waals surface area contributed by atoms with E-state index in [-0.39, 0.29) is 42.7 Å². The minimum absolute atomic E-state index is 0.0204. The fourth-order valence-electron chi connectivity index (χ4n) is 2.29. The molecule has 0 spiro atoms. The van der Waals surface area contributed by atoms with Gasteiger partial charge in [-0.1, -0.05) is 46.4 Å². The molecule has 1 aliphatic heterocycles. The number of halogens is 7. The zero-order valence-electron chi connectivity index (χ0n) is 14.3. The Hall–Kier alpha value is -2.13. The fourth-order valence-corrected chi connectivity index (χ4v) is 3.04. The Morgan fingerprint density at radius 1 is 1.03 bits per heavy atom. The molecule has 0 saturated carbocycles. The number of fused-ring (bicyclic) bond motifs is 1. The van der Waals surface area contributed by atoms with E-state index in [9.17, 15) is 22.8 Å². The molecule has 12 heteroatoms. The van der Waals surface area contributed by atoms with Gasteiger partial charge in [-0.05, 0) is 30.3 Å². The normalized spacial score (nSPS) is 15.2. The second-order valence-corrected chi connectivity index (χ2v) is 7.20. The van der Waals surface area contributed by atoms with Crippen molar-refractivity contribution in [1.82, 2.24) is 0 Å². The highest BCUT2D eigenvalue weighted by Crippen LogP contribution is 2.42. The van der Waals surface area contributed by atoms with Crippen LogP contribution in [0.4, 0.5) is 13.2 Å². The van der Waals surface area contributed by atoms with Crippen LogP contribution in [0.15, 0.2) is 29.8 Å². The number of carboxylic acid groups (broad SMARTS) is 1. The highest BCUT2D eigenvalue weighted by Gasteiger charge is 2.48. The Balaban J connectivity index is 0.000000248. The highest BCUT2D eigenvalue weighted by molar-refractivity contribution is 6.44. The maximum absolute atomic E-state index is 12.7. The molecule has 30 heavy (non-hydrogen) atoms. The maximum atomic E-state index is 12.7. The molecule has 5 nitrogen and oxygen atoms in total. The number of aliphatic carboxylic acids is 1. The number of benzene rings is 2. The van der Waals surface area contributed by atoms with Gasteiger partial charge in [-0.2, -0.15) is 13.2 Å². The topological polar surface area (TPSA) is 83.8 Å². The van der Waals surface area contributed by atoms with Crippen molar-refractivity contribution in [3.8, 4) is 11.5 Å². The molecule has 0 bridgehead atoms. The van der Waals surface area contributed by atoms with Crippen LogP contribution in [0.25, 0.3) is 6.08 Å². The predicted octanol–water partition coefficient (Wildman–Crippen LogP) is 6.30. The Labute approximate surface area is 187 Å². The summed E-state index contributed by atoms with van der Waals surface area (Å²) in [5.41, 5.74) is -0.893. The smallest absolute Gasteiger partial charge is 0.430 e. The van der Waals surface area contributed by atoms with Crippen molar-refractivity contribution in [3.05, 3.63) is 61.1 Å². The lowest BCUT2D eigenvalue weighted by molar-refractivity contribution is -0.187. The number of aromatic hydroxyl groups is 1. The summed E-state index contributed by atoms with van der Waals surface area (Å²) < 4.78 is 42.9. The molecule has 160 valence electrons. The van der Waals surface area contributed by atoms with Gasteiger partial charge in [0, 0.05) is 5.56 Å². The van der Waals surface area contributed by atoms with Crippen LogP contribution in [0, 0.1) is 0 Å². The first-order valence-corrected chi connectivity index (χ1v) is 9.18. The highest BCUT2D eigenvalue weighted by atomic mass is 35.5. The molecule has 0 aromatic heterocycles. The SMILES string of the molecule is O=C(O)C1=Cc2c(ccc(Cl)c2Cl)OC1C(F)(F)F.O=Cc1c(O)ccc(Cl)c1Cl. The monoisotopic (exact) mass is 502 g/mol. The Morgan fingerprint density at radius 3 is 2.10 bits per heavy atom. The number of carbonyl (C=O) groups is 2. The number of phenolic OH excluding ortho intramolecular Hbond substituents is 1. The second kappa shape index (κ2) is 9.34. The minimum atomic E-state index is -4.84. The molecule has 2 aromatic rings. The Morgan fingerprint density at radius 2 is 1.60 bits per heavy atom. The van der Waals surface area contributed by atoms with Crippen molar-refractivity contribution in [3.63, 3.8) is 0 Å². The van der Waals surface area contributed by atoms with Crippen LogP contribution in [-0.4, -0.2) is 34.7 Å². The van der Waals surface area contributed by atoms with Crippen LogP contribution in [0.5, 0.6) is 11.5 Å². The average molecular weight is 504 g/mol. The summed E-state index contributed by atoms with van der Waals surface area (Å²) in [6.07, 6.45) is -6.08. The second-order valence-electron chi connectivity index (χ2n) is 5.63. The van der Waals surface area contributed by atoms with E-state index in [4.69, 9.17) is 56.6 Å². The molecule has 2 aromatic carbocycles. The van der Waals surface area contributed by atoms with Gasteiger partial charge < -0.3 is 14.9 Å². The first-order chi connectivity index (χ1) is 13.9. The third-order valence-electron chi connectivity index (χ3n) is 3.69. The third-order valence-corrected chi connectivity index (χ3v) is 5.33. The van der Waals surface area contributed by atoms with E-state index in [0.29, 0.717) is 6.29 Å². The van der Waals surface area contributed by atoms with E-state index in [1.165, 1.54) is 24.3 Å². The Bertz CT molecular complexity index is 1040. The summed E-state index contributed by atoms with van der Waals surface area (Å²) in [5, 5.41) is 18.3. The van der Waals surface area contributed by atoms with Crippen LogP contribution in [0.3, 0.4) is 0 Å². The zero-order chi connectivity index (χ0) is 22.8. The van der Waals surface area contributed by atoms with Gasteiger partial charge in [-0.3, -0.25) is 4.79 Å². The van der Waals surface area contributed by atoms with Crippen LogP contribution >= 0.6 is 46.4 Å². The van der Waals surface area contributed by atoms with E-state index in [0.717, 1.165) is 6.08 Å². The molecule has 1 heterocycles. The summed E-state index contributed by atoms with van der Waals surface area (Å²) in [4.78, 5) is 21.2. The van der Waals surface area contributed by atoms with E-state index >= 15 is 0 Å². The van der Waals surface area contributed by atoms with Gasteiger partial charge in [-0.25, -0.2) is 4.79 Å². The summed E-state index contributed by atoms with van der Waals surface area (Å²) in [7, 11) is 0. The van der Waals surface area contributed by atoms with Crippen molar-refractivity contribution in [1.29, 1.82) is 0 Å². The molecule has 0 saturated heterocycles. The molecule has 1 atom stereocenters. The van der Waals surface area contributed by atoms with Crippen molar-refractivity contribution in [2.75, 3.05) is 0 Å². The lowest BCUT2D eigenvalue weighted by Gasteiger charge is -2.27. The standard InChI is InChI=1S/C11H5Cl2F3O3.C7H4Cl2O2/c12-6-1-2-7-4(8(6)13)3-5(10(17)18)9(19-7)11(14,15)16;8-5-1-2-6(11)4(3-10)7(5)9/h1-3,9H,(H,17,18);1-3,11H. The lowest BCUT2D eigenvalue weighted by atomic mass is 10.0. The van der Waals surface area contributed by atoms with Crippen LogP contribution in [-0.2, 0) is 4.79 Å². The van der Waals surface area contributed by atoms with Crippen LogP contribution in [0.2, 0.25) is 20.1 Å². The van der Waals surface area contributed by atoms with Gasteiger partial charge in [0.05, 0.1) is 31.2 Å². The number of carboxylic acids is 1. The molecular weight excluding hydrogens is 495 g/mol. The predicted molar refractivity (Wildman–Crippen MR) is 106 cm³/mol. The number of ether oxygens (including phenoxy) is 1. The third kappa shape index (κ3) is 5.13. The van der Waals surface area contributed by atoms with Crippen molar-refractivity contribution in [2.45, 2.75) is 12.3 Å². The van der Waals surface area contributed by atoms with E-state index in [2.05, 4.69) is 4.74 Å². The van der Waals surface area contributed by atoms with Gasteiger partial charge in [0.15, 0.2) is 6.29 Å². The van der Waals surface area contributed by atoms with Crippen LogP contribution in [0.1, 0.15) is 15.9 Å². The summed E-state index contributed by atoms with van der Waals surface area (Å²) in [6.45, 7) is 0. The van der Waals surface area contributed by atoms with Gasteiger partial charge >= 0.3 is 12.1 Å². The molecule has 0 aliphatic carbocycles.